The van der Waals surface area contributed by atoms with Crippen molar-refractivity contribution in [3.8, 4) is 0 Å². The quantitative estimate of drug-likeness (QED) is 0.606. The third kappa shape index (κ3) is 3.00. The van der Waals surface area contributed by atoms with Crippen molar-refractivity contribution in [2.75, 3.05) is 13.1 Å². The number of benzene rings is 2. The molecule has 0 bridgehead atoms. The number of sulfonamides is 1. The minimum Gasteiger partial charge on any atom is -0.207 e. The molecule has 1 aliphatic carbocycles. The predicted molar refractivity (Wildman–Crippen MR) is 112 cm³/mol. The number of halogens is 2. The topological polar surface area (TPSA) is 37.4 Å². The van der Waals surface area contributed by atoms with Crippen molar-refractivity contribution in [1.29, 1.82) is 0 Å². The molecule has 3 atom stereocenters. The molecule has 1 saturated carbocycles. The number of hydrogen-bond donors (Lipinski definition) is 0. The minimum atomic E-state index is -3.53. The first kappa shape index (κ1) is 19.2. The van der Waals surface area contributed by atoms with Crippen LogP contribution < -0.4 is 0 Å². The van der Waals surface area contributed by atoms with Crippen molar-refractivity contribution in [2.24, 2.45) is 11.3 Å². The Morgan fingerprint density at radius 1 is 1.11 bits per heavy atom. The summed E-state index contributed by atoms with van der Waals surface area (Å²) in [5, 5.41) is 0.815. The molecule has 1 aliphatic heterocycles. The summed E-state index contributed by atoms with van der Waals surface area (Å²) < 4.78 is 28.7. The number of rotatable bonds is 4. The fraction of sp³-hybridized carbons (Fsp3) is 0.333. The summed E-state index contributed by atoms with van der Waals surface area (Å²) in [4.78, 5) is 0.326. The van der Waals surface area contributed by atoms with Crippen LogP contribution >= 0.6 is 27.5 Å². The average molecular weight is 467 g/mol. The van der Waals surface area contributed by atoms with Crippen LogP contribution in [0.25, 0.3) is 0 Å². The van der Waals surface area contributed by atoms with Gasteiger partial charge in [-0.3, -0.25) is 0 Å². The Labute approximate surface area is 174 Å². The maximum atomic E-state index is 13.1. The molecule has 0 amide bonds. The minimum absolute atomic E-state index is 0.215. The molecule has 0 N–H and O–H groups in total. The molecule has 142 valence electrons. The smallest absolute Gasteiger partial charge is 0.207 e. The molecule has 0 aromatic heterocycles. The highest BCUT2D eigenvalue weighted by molar-refractivity contribution is 9.10. The van der Waals surface area contributed by atoms with Gasteiger partial charge >= 0.3 is 0 Å². The molecule has 0 radical (unpaired) electrons. The van der Waals surface area contributed by atoms with E-state index in [4.69, 9.17) is 11.6 Å². The van der Waals surface area contributed by atoms with Gasteiger partial charge in [0.25, 0.3) is 0 Å². The number of fused-ring (bicyclic) bond motifs is 1. The molecule has 3 nitrogen and oxygen atoms in total. The highest BCUT2D eigenvalue weighted by Gasteiger charge is 2.72. The lowest BCUT2D eigenvalue weighted by molar-refractivity contribution is 0.411. The molecule has 1 heterocycles. The molecular formula is C21H21BrClNO2S. The summed E-state index contributed by atoms with van der Waals surface area (Å²) in [6, 6.07) is 17.1. The van der Waals surface area contributed by atoms with E-state index in [1.165, 1.54) is 5.56 Å². The summed E-state index contributed by atoms with van der Waals surface area (Å²) in [5.74, 6) is 0.491. The van der Waals surface area contributed by atoms with Crippen molar-refractivity contribution < 1.29 is 8.42 Å². The Bertz CT molecular complexity index is 1000. The summed E-state index contributed by atoms with van der Waals surface area (Å²) in [5.41, 5.74) is 2.00. The van der Waals surface area contributed by atoms with Crippen molar-refractivity contribution in [1.82, 2.24) is 4.31 Å². The molecule has 2 fully saturated rings. The second-order valence-electron chi connectivity index (χ2n) is 7.60. The van der Waals surface area contributed by atoms with Gasteiger partial charge in [-0.25, -0.2) is 8.42 Å². The molecular weight excluding hydrogens is 446 g/mol. The van der Waals surface area contributed by atoms with E-state index < -0.39 is 10.0 Å². The SMILES string of the molecule is CC(C)=C(Cl)[C@]12CN(S(=O)(=O)c3ccc(Br)cc3)C[C@H]1[C@@H]2c1ccccc1. The lowest BCUT2D eigenvalue weighted by atomic mass is 9.96. The Hall–Kier alpha value is -1.14. The lowest BCUT2D eigenvalue weighted by Crippen LogP contribution is -2.33. The molecule has 2 aromatic rings. The lowest BCUT2D eigenvalue weighted by Gasteiger charge is -2.24. The normalized spacial score (nSPS) is 27.3. The molecule has 2 aliphatic rings. The van der Waals surface area contributed by atoms with Gasteiger partial charge in [-0.05, 0) is 49.6 Å². The van der Waals surface area contributed by atoms with Gasteiger partial charge in [0.05, 0.1) is 4.90 Å². The highest BCUT2D eigenvalue weighted by Crippen LogP contribution is 2.73. The number of piperidine rings is 1. The van der Waals surface area contributed by atoms with Crippen LogP contribution in [0.5, 0.6) is 0 Å². The second kappa shape index (κ2) is 6.73. The summed E-state index contributed by atoms with van der Waals surface area (Å²) in [7, 11) is -3.53. The van der Waals surface area contributed by atoms with Crippen molar-refractivity contribution in [2.45, 2.75) is 24.7 Å². The fourth-order valence-corrected chi connectivity index (χ4v) is 6.64. The fourth-order valence-electron chi connectivity index (χ4n) is 4.54. The van der Waals surface area contributed by atoms with Gasteiger partial charge in [0, 0.05) is 33.9 Å². The van der Waals surface area contributed by atoms with E-state index in [1.807, 2.05) is 32.0 Å². The third-order valence-corrected chi connectivity index (χ3v) is 8.89. The van der Waals surface area contributed by atoms with Gasteiger partial charge in [0.15, 0.2) is 0 Å². The molecule has 0 spiro atoms. The standard InChI is InChI=1S/C21H21BrClNO2S/c1-14(2)20(23)21-13-24(27(25,26)17-10-8-16(22)9-11-17)12-18(21)19(21)15-6-4-3-5-7-15/h3-11,18-19H,12-13H2,1-2H3/t18-,19-,21+/m0/s1. The second-order valence-corrected chi connectivity index (χ2v) is 10.8. The zero-order valence-electron chi connectivity index (χ0n) is 15.2. The van der Waals surface area contributed by atoms with E-state index in [2.05, 4.69) is 28.1 Å². The first-order valence-corrected chi connectivity index (χ1v) is 11.5. The van der Waals surface area contributed by atoms with Gasteiger partial charge in [-0.15, -0.1) is 0 Å². The number of allylic oxidation sites excluding steroid dienone is 1. The maximum absolute atomic E-state index is 13.1. The summed E-state index contributed by atoms with van der Waals surface area (Å²) in [6.07, 6.45) is 0. The first-order valence-electron chi connectivity index (χ1n) is 8.92. The number of hydrogen-bond acceptors (Lipinski definition) is 2. The maximum Gasteiger partial charge on any atom is 0.243 e. The van der Waals surface area contributed by atoms with Gasteiger partial charge in [0.2, 0.25) is 10.0 Å². The van der Waals surface area contributed by atoms with Crippen LogP contribution in [-0.2, 0) is 10.0 Å². The number of nitrogens with zero attached hydrogens (tertiary/aromatic N) is 1. The molecule has 2 aromatic carbocycles. The van der Waals surface area contributed by atoms with Crippen LogP contribution in [0.1, 0.15) is 25.3 Å². The molecule has 4 rings (SSSR count). The predicted octanol–water partition coefficient (Wildman–Crippen LogP) is 5.39. The van der Waals surface area contributed by atoms with E-state index in [-0.39, 0.29) is 17.3 Å². The zero-order valence-corrected chi connectivity index (χ0v) is 18.4. The Kier molecular flexibility index (Phi) is 4.78. The summed E-state index contributed by atoms with van der Waals surface area (Å²) >= 11 is 10.1. The Morgan fingerprint density at radius 3 is 2.33 bits per heavy atom. The van der Waals surface area contributed by atoms with E-state index in [1.54, 1.807) is 28.6 Å². The summed E-state index contributed by atoms with van der Waals surface area (Å²) in [6.45, 7) is 4.93. The Balaban J connectivity index is 1.69. The van der Waals surface area contributed by atoms with Crippen molar-refractivity contribution in [3.05, 3.63) is 75.2 Å². The van der Waals surface area contributed by atoms with Crippen molar-refractivity contribution in [3.63, 3.8) is 0 Å². The van der Waals surface area contributed by atoms with Crippen LogP contribution in [0.4, 0.5) is 0 Å². The van der Waals surface area contributed by atoms with Crippen LogP contribution in [0.2, 0.25) is 0 Å². The van der Waals surface area contributed by atoms with Crippen LogP contribution in [-0.4, -0.2) is 25.8 Å². The van der Waals surface area contributed by atoms with E-state index >= 15 is 0 Å². The van der Waals surface area contributed by atoms with Crippen LogP contribution in [0.15, 0.2) is 74.6 Å². The molecule has 27 heavy (non-hydrogen) atoms. The van der Waals surface area contributed by atoms with Crippen molar-refractivity contribution >= 4 is 37.6 Å². The van der Waals surface area contributed by atoms with E-state index in [0.29, 0.717) is 18.0 Å². The van der Waals surface area contributed by atoms with Crippen LogP contribution in [0.3, 0.4) is 0 Å². The zero-order chi connectivity index (χ0) is 19.4. The monoisotopic (exact) mass is 465 g/mol. The van der Waals surface area contributed by atoms with Gasteiger partial charge in [0.1, 0.15) is 0 Å². The van der Waals surface area contributed by atoms with E-state index in [0.717, 1.165) is 15.1 Å². The Morgan fingerprint density at radius 2 is 1.74 bits per heavy atom. The van der Waals surface area contributed by atoms with Gasteiger partial charge < -0.3 is 0 Å². The molecule has 0 unspecified atom stereocenters. The molecule has 1 saturated heterocycles. The average Bonchev–Trinajstić information content (AvgIpc) is 3.11. The highest BCUT2D eigenvalue weighted by atomic mass is 79.9. The third-order valence-electron chi connectivity index (χ3n) is 5.81. The van der Waals surface area contributed by atoms with Gasteiger partial charge in [-0.1, -0.05) is 63.4 Å². The molecule has 6 heteroatoms. The van der Waals surface area contributed by atoms with E-state index in [9.17, 15) is 8.42 Å². The van der Waals surface area contributed by atoms with Crippen LogP contribution in [0, 0.1) is 11.3 Å². The first-order chi connectivity index (χ1) is 12.8. The largest absolute Gasteiger partial charge is 0.243 e. The van der Waals surface area contributed by atoms with Gasteiger partial charge in [-0.2, -0.15) is 4.31 Å².